The molecule has 0 aliphatic carbocycles. The van der Waals surface area contributed by atoms with E-state index in [0.717, 1.165) is 11.1 Å². The number of nitrogens with zero attached hydrogens (tertiary/aromatic N) is 2. The van der Waals surface area contributed by atoms with Gasteiger partial charge in [0.15, 0.2) is 5.65 Å². The minimum absolute atomic E-state index is 0.290. The number of aromatic nitrogens is 3. The van der Waals surface area contributed by atoms with E-state index in [4.69, 9.17) is 4.74 Å². The van der Waals surface area contributed by atoms with E-state index < -0.39 is 5.41 Å². The van der Waals surface area contributed by atoms with E-state index in [1.807, 2.05) is 13.0 Å². The van der Waals surface area contributed by atoms with Gasteiger partial charge in [0.1, 0.15) is 11.2 Å². The van der Waals surface area contributed by atoms with Gasteiger partial charge in [-0.25, -0.2) is 9.97 Å². The predicted octanol–water partition coefficient (Wildman–Crippen LogP) is 2.11. The number of hydrogen-bond acceptors (Lipinski definition) is 4. The number of H-pyrrole nitrogens is 1. The number of esters is 1. The molecule has 1 N–H and O–H groups in total. The molecule has 5 nitrogen and oxygen atoms in total. The lowest BCUT2D eigenvalue weighted by atomic mass is 9.93. The number of pyridine rings is 1. The molecule has 0 radical (unpaired) electrons. The molecule has 0 fully saturated rings. The molecular formula is C13H17N3O2. The van der Waals surface area contributed by atoms with Gasteiger partial charge in [-0.1, -0.05) is 0 Å². The Hall–Kier alpha value is -1.91. The van der Waals surface area contributed by atoms with Gasteiger partial charge in [0.05, 0.1) is 12.1 Å². The first kappa shape index (κ1) is 12.5. The van der Waals surface area contributed by atoms with Gasteiger partial charge < -0.3 is 9.72 Å². The number of aromatic amines is 1. The summed E-state index contributed by atoms with van der Waals surface area (Å²) < 4.78 is 5.07. The summed E-state index contributed by atoms with van der Waals surface area (Å²) in [5.74, 6) is 0.291. The van der Waals surface area contributed by atoms with Crippen LogP contribution in [0, 0.1) is 6.92 Å². The van der Waals surface area contributed by atoms with E-state index in [2.05, 4.69) is 15.0 Å². The van der Waals surface area contributed by atoms with Crippen molar-refractivity contribution in [3.63, 3.8) is 0 Å². The lowest BCUT2D eigenvalue weighted by Crippen LogP contribution is -2.32. The second kappa shape index (κ2) is 4.40. The number of carbonyl (C=O) groups excluding carboxylic acids is 1. The van der Waals surface area contributed by atoms with Crippen molar-refractivity contribution in [3.8, 4) is 0 Å². The fraction of sp³-hybridized carbons (Fsp3) is 0.462. The van der Waals surface area contributed by atoms with Gasteiger partial charge in [0, 0.05) is 6.20 Å². The van der Waals surface area contributed by atoms with E-state index in [1.54, 1.807) is 27.0 Å². The van der Waals surface area contributed by atoms with Crippen molar-refractivity contribution in [2.24, 2.45) is 0 Å². The first-order valence-electron chi connectivity index (χ1n) is 5.96. The molecule has 0 bridgehead atoms. The molecule has 5 heteroatoms. The molecule has 0 aliphatic rings. The smallest absolute Gasteiger partial charge is 0.319 e. The average Bonchev–Trinajstić information content (AvgIpc) is 2.75. The Balaban J connectivity index is 2.48. The third-order valence-corrected chi connectivity index (χ3v) is 2.98. The van der Waals surface area contributed by atoms with Crippen LogP contribution in [0.15, 0.2) is 12.3 Å². The molecule has 0 spiro atoms. The summed E-state index contributed by atoms with van der Waals surface area (Å²) in [4.78, 5) is 23.7. The maximum Gasteiger partial charge on any atom is 0.319 e. The number of fused-ring (bicyclic) bond motifs is 1. The zero-order valence-corrected chi connectivity index (χ0v) is 11.1. The number of ether oxygens (including phenoxy) is 1. The highest BCUT2D eigenvalue weighted by molar-refractivity contribution is 5.83. The summed E-state index contributed by atoms with van der Waals surface area (Å²) in [6.07, 6.45) is 1.71. The number of carbonyl (C=O) groups is 1. The molecule has 2 aromatic heterocycles. The van der Waals surface area contributed by atoms with Gasteiger partial charge >= 0.3 is 5.97 Å². The zero-order chi connectivity index (χ0) is 13.3. The standard InChI is InChI=1S/C13H17N3O2/c1-5-18-12(17)13(3,4)11-15-9-8(2)6-7-14-10(9)16-11/h6-7H,5H2,1-4H3,(H,14,15,16). The zero-order valence-electron chi connectivity index (χ0n) is 11.1. The average molecular weight is 247 g/mol. The maximum absolute atomic E-state index is 11.9. The van der Waals surface area contributed by atoms with Crippen LogP contribution >= 0.6 is 0 Å². The fourth-order valence-electron chi connectivity index (χ4n) is 1.74. The Labute approximate surface area is 106 Å². The van der Waals surface area contributed by atoms with Crippen LogP contribution < -0.4 is 0 Å². The highest BCUT2D eigenvalue weighted by atomic mass is 16.5. The van der Waals surface area contributed by atoms with Gasteiger partial charge in [0.2, 0.25) is 0 Å². The van der Waals surface area contributed by atoms with Crippen molar-refractivity contribution in [1.82, 2.24) is 15.0 Å². The minimum atomic E-state index is -0.802. The molecular weight excluding hydrogens is 230 g/mol. The van der Waals surface area contributed by atoms with Gasteiger partial charge in [-0.15, -0.1) is 0 Å². The summed E-state index contributed by atoms with van der Waals surface area (Å²) in [5.41, 5.74) is 1.74. The molecule has 0 aliphatic heterocycles. The first-order valence-corrected chi connectivity index (χ1v) is 5.96. The molecule has 2 aromatic rings. The molecule has 0 amide bonds. The molecule has 2 rings (SSSR count). The fourth-order valence-corrected chi connectivity index (χ4v) is 1.74. The van der Waals surface area contributed by atoms with Crippen molar-refractivity contribution in [2.45, 2.75) is 33.1 Å². The first-order chi connectivity index (χ1) is 8.46. The maximum atomic E-state index is 11.9. The van der Waals surface area contributed by atoms with Crippen LogP contribution in [0.5, 0.6) is 0 Å². The Morgan fingerprint density at radius 3 is 2.83 bits per heavy atom. The van der Waals surface area contributed by atoms with Gasteiger partial charge in [-0.05, 0) is 39.3 Å². The van der Waals surface area contributed by atoms with Crippen LogP contribution in [0.2, 0.25) is 0 Å². The lowest BCUT2D eigenvalue weighted by Gasteiger charge is -2.19. The molecule has 2 heterocycles. The molecule has 0 atom stereocenters. The SMILES string of the molecule is CCOC(=O)C(C)(C)c1nc2nccc(C)c2[nH]1. The van der Waals surface area contributed by atoms with Crippen LogP contribution in [0.3, 0.4) is 0 Å². The van der Waals surface area contributed by atoms with Crippen LogP contribution in [0.1, 0.15) is 32.2 Å². The molecule has 0 saturated heterocycles. The van der Waals surface area contributed by atoms with Crippen molar-refractivity contribution in [3.05, 3.63) is 23.7 Å². The van der Waals surface area contributed by atoms with Crippen LogP contribution in [0.25, 0.3) is 11.2 Å². The monoisotopic (exact) mass is 247 g/mol. The summed E-state index contributed by atoms with van der Waals surface area (Å²) in [6, 6.07) is 1.90. The second-order valence-corrected chi connectivity index (χ2v) is 4.76. The molecule has 96 valence electrons. The van der Waals surface area contributed by atoms with E-state index in [-0.39, 0.29) is 5.97 Å². The van der Waals surface area contributed by atoms with E-state index in [9.17, 15) is 4.79 Å². The Kier molecular flexibility index (Phi) is 3.07. The molecule has 0 aromatic carbocycles. The topological polar surface area (TPSA) is 67.9 Å². The number of imidazole rings is 1. The third kappa shape index (κ3) is 1.96. The molecule has 0 unspecified atom stereocenters. The largest absolute Gasteiger partial charge is 0.465 e. The van der Waals surface area contributed by atoms with Crippen molar-refractivity contribution in [1.29, 1.82) is 0 Å². The van der Waals surface area contributed by atoms with Crippen LogP contribution in [-0.4, -0.2) is 27.5 Å². The van der Waals surface area contributed by atoms with Crippen molar-refractivity contribution < 1.29 is 9.53 Å². The summed E-state index contributed by atoms with van der Waals surface area (Å²) in [7, 11) is 0. The summed E-state index contributed by atoms with van der Waals surface area (Å²) >= 11 is 0. The molecule has 18 heavy (non-hydrogen) atoms. The van der Waals surface area contributed by atoms with Gasteiger partial charge in [-0.2, -0.15) is 0 Å². The highest BCUT2D eigenvalue weighted by Crippen LogP contribution is 2.25. The predicted molar refractivity (Wildman–Crippen MR) is 68.3 cm³/mol. The Morgan fingerprint density at radius 1 is 1.50 bits per heavy atom. The van der Waals surface area contributed by atoms with E-state index in [0.29, 0.717) is 18.1 Å². The summed E-state index contributed by atoms with van der Waals surface area (Å²) in [5, 5.41) is 0. The number of nitrogens with one attached hydrogen (secondary N) is 1. The Morgan fingerprint density at radius 2 is 2.22 bits per heavy atom. The second-order valence-electron chi connectivity index (χ2n) is 4.76. The number of hydrogen-bond donors (Lipinski definition) is 1. The summed E-state index contributed by atoms with van der Waals surface area (Å²) in [6.45, 7) is 7.71. The normalized spacial score (nSPS) is 11.8. The third-order valence-electron chi connectivity index (χ3n) is 2.98. The Bertz CT molecular complexity index is 587. The van der Waals surface area contributed by atoms with Gasteiger partial charge in [-0.3, -0.25) is 4.79 Å². The van der Waals surface area contributed by atoms with E-state index in [1.165, 1.54) is 0 Å². The van der Waals surface area contributed by atoms with Crippen molar-refractivity contribution >= 4 is 17.1 Å². The highest BCUT2D eigenvalue weighted by Gasteiger charge is 2.34. The number of rotatable bonds is 3. The molecule has 0 saturated carbocycles. The minimum Gasteiger partial charge on any atom is -0.465 e. The lowest BCUT2D eigenvalue weighted by molar-refractivity contribution is -0.149. The van der Waals surface area contributed by atoms with E-state index >= 15 is 0 Å². The van der Waals surface area contributed by atoms with Crippen molar-refractivity contribution in [2.75, 3.05) is 6.61 Å². The quantitative estimate of drug-likeness (QED) is 0.843. The van der Waals surface area contributed by atoms with Crippen LogP contribution in [0.4, 0.5) is 0 Å². The van der Waals surface area contributed by atoms with Gasteiger partial charge in [0.25, 0.3) is 0 Å². The van der Waals surface area contributed by atoms with Crippen LogP contribution in [-0.2, 0) is 14.9 Å². The number of aryl methyl sites for hydroxylation is 1.